The first-order chi connectivity index (χ1) is 12.7. The zero-order chi connectivity index (χ0) is 19.6. The largest absolute Gasteiger partial charge is 0.444 e. The van der Waals surface area contributed by atoms with E-state index in [0.717, 1.165) is 35.7 Å². The number of hydrogen-bond donors (Lipinski definition) is 1. The molecule has 2 aromatic rings. The Morgan fingerprint density at radius 3 is 2.52 bits per heavy atom. The molecule has 0 bridgehead atoms. The standard InChI is InChI=1S/C19H26N6O2/c1-13-11-15(17(20)23-22-13)16-12-14(5-6-21-16)24-7-9-25(10-8-24)18(26)27-19(2,3)4/h5-6,11-12H,7-10H2,1-4H3,(H2,20,23). The van der Waals surface area contributed by atoms with Gasteiger partial charge in [-0.15, -0.1) is 5.10 Å². The summed E-state index contributed by atoms with van der Waals surface area (Å²) in [6.45, 7) is 10.2. The first kappa shape index (κ1) is 18.9. The smallest absolute Gasteiger partial charge is 0.410 e. The summed E-state index contributed by atoms with van der Waals surface area (Å²) in [5, 5.41) is 7.94. The monoisotopic (exact) mass is 370 g/mol. The number of carbonyl (C=O) groups excluding carboxylic acids is 1. The summed E-state index contributed by atoms with van der Waals surface area (Å²) in [5.74, 6) is 0.361. The van der Waals surface area contributed by atoms with E-state index in [1.807, 2.05) is 45.9 Å². The number of anilines is 2. The van der Waals surface area contributed by atoms with Gasteiger partial charge in [0.1, 0.15) is 5.60 Å². The summed E-state index contributed by atoms with van der Waals surface area (Å²) in [6.07, 6.45) is 1.50. The third-order valence-corrected chi connectivity index (χ3v) is 4.26. The van der Waals surface area contributed by atoms with Gasteiger partial charge in [-0.1, -0.05) is 0 Å². The van der Waals surface area contributed by atoms with Crippen LogP contribution in [0.25, 0.3) is 11.3 Å². The molecule has 1 saturated heterocycles. The maximum atomic E-state index is 12.2. The Hall–Kier alpha value is -2.90. The lowest BCUT2D eigenvalue weighted by Gasteiger charge is -2.36. The number of aryl methyl sites for hydroxylation is 1. The molecule has 1 aliphatic heterocycles. The minimum Gasteiger partial charge on any atom is -0.444 e. The Morgan fingerprint density at radius 2 is 1.85 bits per heavy atom. The highest BCUT2D eigenvalue weighted by Crippen LogP contribution is 2.26. The maximum absolute atomic E-state index is 12.2. The number of piperazine rings is 1. The molecule has 1 amide bonds. The molecule has 8 heteroatoms. The van der Waals surface area contributed by atoms with Crippen molar-refractivity contribution in [3.05, 3.63) is 30.1 Å². The molecule has 2 N–H and O–H groups in total. The van der Waals surface area contributed by atoms with Gasteiger partial charge in [0, 0.05) is 43.6 Å². The van der Waals surface area contributed by atoms with Crippen molar-refractivity contribution in [2.75, 3.05) is 36.8 Å². The summed E-state index contributed by atoms with van der Waals surface area (Å²) in [6, 6.07) is 5.84. The van der Waals surface area contributed by atoms with Crippen molar-refractivity contribution < 1.29 is 9.53 Å². The number of hydrogen-bond acceptors (Lipinski definition) is 7. The molecule has 3 heterocycles. The molecule has 144 valence electrons. The lowest BCUT2D eigenvalue weighted by molar-refractivity contribution is 0.0240. The van der Waals surface area contributed by atoms with Gasteiger partial charge < -0.3 is 20.3 Å². The number of carbonyl (C=O) groups is 1. The molecule has 27 heavy (non-hydrogen) atoms. The zero-order valence-corrected chi connectivity index (χ0v) is 16.3. The van der Waals surface area contributed by atoms with Crippen molar-refractivity contribution in [3.8, 4) is 11.3 Å². The van der Waals surface area contributed by atoms with E-state index in [9.17, 15) is 4.79 Å². The van der Waals surface area contributed by atoms with E-state index in [1.165, 1.54) is 0 Å². The molecule has 2 aromatic heterocycles. The molecule has 0 unspecified atom stereocenters. The topological polar surface area (TPSA) is 97.5 Å². The number of rotatable bonds is 2. The van der Waals surface area contributed by atoms with Gasteiger partial charge in [-0.25, -0.2) is 4.79 Å². The Balaban J connectivity index is 1.70. The molecule has 3 rings (SSSR count). The van der Waals surface area contributed by atoms with Crippen molar-refractivity contribution in [1.29, 1.82) is 0 Å². The van der Waals surface area contributed by atoms with Crippen LogP contribution in [0.5, 0.6) is 0 Å². The van der Waals surface area contributed by atoms with Gasteiger partial charge in [-0.05, 0) is 45.9 Å². The quantitative estimate of drug-likeness (QED) is 0.867. The van der Waals surface area contributed by atoms with Gasteiger partial charge in [0.15, 0.2) is 5.82 Å². The van der Waals surface area contributed by atoms with Crippen LogP contribution < -0.4 is 10.6 Å². The molecular weight excluding hydrogens is 344 g/mol. The van der Waals surface area contributed by atoms with E-state index in [2.05, 4.69) is 20.1 Å². The fraction of sp³-hybridized carbons (Fsp3) is 0.474. The molecule has 1 aliphatic rings. The minimum atomic E-state index is -0.481. The summed E-state index contributed by atoms with van der Waals surface area (Å²) >= 11 is 0. The van der Waals surface area contributed by atoms with Crippen molar-refractivity contribution in [2.45, 2.75) is 33.3 Å². The van der Waals surface area contributed by atoms with E-state index in [0.29, 0.717) is 18.9 Å². The average molecular weight is 370 g/mol. The number of nitrogens with zero attached hydrogens (tertiary/aromatic N) is 5. The van der Waals surface area contributed by atoms with Crippen molar-refractivity contribution >= 4 is 17.6 Å². The second-order valence-corrected chi connectivity index (χ2v) is 7.64. The third kappa shape index (κ3) is 4.64. The predicted octanol–water partition coefficient (Wildman–Crippen LogP) is 2.49. The molecule has 0 atom stereocenters. The van der Waals surface area contributed by atoms with E-state index in [1.54, 1.807) is 11.1 Å². The Kier molecular flexibility index (Phi) is 5.16. The Labute approximate surface area is 159 Å². The molecule has 1 fully saturated rings. The van der Waals surface area contributed by atoms with Crippen LogP contribution in [0.1, 0.15) is 26.5 Å². The van der Waals surface area contributed by atoms with Crippen LogP contribution in [-0.2, 0) is 4.74 Å². The van der Waals surface area contributed by atoms with Gasteiger partial charge in [-0.3, -0.25) is 4.98 Å². The van der Waals surface area contributed by atoms with Crippen LogP contribution in [0.3, 0.4) is 0 Å². The normalized spacial score (nSPS) is 15.0. The van der Waals surface area contributed by atoms with Crippen LogP contribution in [0.15, 0.2) is 24.4 Å². The lowest BCUT2D eigenvalue weighted by atomic mass is 10.1. The first-order valence-electron chi connectivity index (χ1n) is 9.02. The highest BCUT2D eigenvalue weighted by molar-refractivity contribution is 5.73. The number of nitrogens with two attached hydrogens (primary N) is 1. The van der Waals surface area contributed by atoms with Crippen LogP contribution in [0.4, 0.5) is 16.3 Å². The highest BCUT2D eigenvalue weighted by atomic mass is 16.6. The van der Waals surface area contributed by atoms with Crippen LogP contribution in [0, 0.1) is 6.92 Å². The fourth-order valence-corrected chi connectivity index (χ4v) is 2.94. The number of ether oxygens (including phenoxy) is 1. The summed E-state index contributed by atoms with van der Waals surface area (Å²) in [7, 11) is 0. The SMILES string of the molecule is Cc1cc(-c2cc(N3CCN(C(=O)OC(C)(C)C)CC3)ccn2)c(N)nn1. The minimum absolute atomic E-state index is 0.260. The average Bonchev–Trinajstić information content (AvgIpc) is 2.62. The first-order valence-corrected chi connectivity index (χ1v) is 9.02. The van der Waals surface area contributed by atoms with E-state index >= 15 is 0 Å². The Bertz CT molecular complexity index is 825. The molecule has 0 aliphatic carbocycles. The third-order valence-electron chi connectivity index (χ3n) is 4.26. The summed E-state index contributed by atoms with van der Waals surface area (Å²) < 4.78 is 5.45. The number of aromatic nitrogens is 3. The van der Waals surface area contributed by atoms with E-state index in [4.69, 9.17) is 10.5 Å². The summed E-state index contributed by atoms with van der Waals surface area (Å²) in [5.41, 5.74) is 8.85. The highest BCUT2D eigenvalue weighted by Gasteiger charge is 2.26. The molecule has 0 aromatic carbocycles. The molecule has 0 saturated carbocycles. The number of nitrogen functional groups attached to an aromatic ring is 1. The molecular formula is C19H26N6O2. The molecule has 0 radical (unpaired) electrons. The van der Waals surface area contributed by atoms with E-state index < -0.39 is 5.60 Å². The predicted molar refractivity (Wildman–Crippen MR) is 104 cm³/mol. The van der Waals surface area contributed by atoms with Crippen molar-refractivity contribution in [2.24, 2.45) is 0 Å². The van der Waals surface area contributed by atoms with Gasteiger partial charge in [0.25, 0.3) is 0 Å². The number of pyridine rings is 1. The second-order valence-electron chi connectivity index (χ2n) is 7.64. The molecule has 0 spiro atoms. The lowest BCUT2D eigenvalue weighted by Crippen LogP contribution is -2.50. The van der Waals surface area contributed by atoms with Crippen LogP contribution in [0.2, 0.25) is 0 Å². The van der Waals surface area contributed by atoms with E-state index in [-0.39, 0.29) is 6.09 Å². The van der Waals surface area contributed by atoms with Crippen molar-refractivity contribution in [1.82, 2.24) is 20.1 Å². The summed E-state index contributed by atoms with van der Waals surface area (Å²) in [4.78, 5) is 20.6. The van der Waals surface area contributed by atoms with Crippen LogP contribution >= 0.6 is 0 Å². The van der Waals surface area contributed by atoms with Gasteiger partial charge in [-0.2, -0.15) is 5.10 Å². The van der Waals surface area contributed by atoms with Crippen molar-refractivity contribution in [3.63, 3.8) is 0 Å². The van der Waals surface area contributed by atoms with Gasteiger partial charge >= 0.3 is 6.09 Å². The Morgan fingerprint density at radius 1 is 1.15 bits per heavy atom. The van der Waals surface area contributed by atoms with Crippen LogP contribution in [-0.4, -0.2) is 58.0 Å². The molecule has 8 nitrogen and oxygen atoms in total. The van der Waals surface area contributed by atoms with Gasteiger partial charge in [0.05, 0.1) is 11.4 Å². The zero-order valence-electron chi connectivity index (χ0n) is 16.3. The number of amides is 1. The maximum Gasteiger partial charge on any atom is 0.410 e. The van der Waals surface area contributed by atoms with Gasteiger partial charge in [0.2, 0.25) is 0 Å². The fourth-order valence-electron chi connectivity index (χ4n) is 2.94. The second kappa shape index (κ2) is 7.38.